The number of aliphatic hydroxyl groups excluding tert-OH is 1. The van der Waals surface area contributed by atoms with Crippen molar-refractivity contribution in [3.05, 3.63) is 142 Å². The van der Waals surface area contributed by atoms with Crippen LogP contribution in [-0.4, -0.2) is 98.0 Å². The number of carbonyl (C=O) groups excluding carboxylic acids is 5. The number of para-hydroxylation sites is 1. The number of hydrogen-bond donors (Lipinski definition) is 4. The number of hydrogen-bond acceptors (Lipinski definition) is 14. The second-order valence-electron chi connectivity index (χ2n) is 22.7. The van der Waals surface area contributed by atoms with Gasteiger partial charge in [0.05, 0.1) is 45.1 Å². The van der Waals surface area contributed by atoms with Crippen molar-refractivity contribution >= 4 is 73.4 Å². The van der Waals surface area contributed by atoms with Gasteiger partial charge in [-0.05, 0) is 136 Å². The summed E-state index contributed by atoms with van der Waals surface area (Å²) in [6, 6.07) is 28.7. The van der Waals surface area contributed by atoms with Gasteiger partial charge in [0, 0.05) is 43.6 Å². The van der Waals surface area contributed by atoms with E-state index < -0.39 is 41.1 Å². The monoisotopic (exact) mass is 1120 g/mol. The number of β-amino-alcohol motifs (C(OH)–C–C–N with tert-alkyl or cyclic N) is 1. The van der Waals surface area contributed by atoms with Crippen LogP contribution in [0.15, 0.2) is 103 Å². The van der Waals surface area contributed by atoms with E-state index in [9.17, 15) is 29.1 Å². The molecule has 4 N–H and O–H groups in total. The Hall–Kier alpha value is -7.54. The first kappa shape index (κ1) is 57.2. The van der Waals surface area contributed by atoms with E-state index in [1.54, 1.807) is 11.3 Å². The molecule has 1 fully saturated rings. The molecule has 2 aliphatic heterocycles. The molecule has 16 nitrogen and oxygen atoms in total. The Bertz CT molecular complexity index is 3400. The normalized spacial score (nSPS) is 16.2. The van der Waals surface area contributed by atoms with Gasteiger partial charge in [-0.1, -0.05) is 92.8 Å². The molecule has 7 aromatic rings. The van der Waals surface area contributed by atoms with Crippen molar-refractivity contribution in [2.75, 3.05) is 29.9 Å². The molecule has 2 unspecified atom stereocenters. The zero-order chi connectivity index (χ0) is 57.0. The summed E-state index contributed by atoms with van der Waals surface area (Å²) in [7, 11) is 0. The molecule has 1 saturated heterocycles. The smallest absolute Gasteiger partial charge is 0.358 e. The number of aryl methyl sites for hydroxylation is 1. The second kappa shape index (κ2) is 24.0. The van der Waals surface area contributed by atoms with Crippen molar-refractivity contribution in [2.24, 2.45) is 5.41 Å². The first-order valence-electron chi connectivity index (χ1n) is 27.2. The fourth-order valence-corrected chi connectivity index (χ4v) is 12.0. The molecule has 80 heavy (non-hydrogen) atoms. The van der Waals surface area contributed by atoms with E-state index in [1.807, 2.05) is 165 Å². The number of amides is 4. The molecule has 3 aromatic heterocycles. The summed E-state index contributed by atoms with van der Waals surface area (Å²) in [6.45, 7) is 18.1. The molecular formula is C62H70N8O8S2. The van der Waals surface area contributed by atoms with Crippen LogP contribution in [0.5, 0.6) is 5.75 Å². The highest BCUT2D eigenvalue weighted by Crippen LogP contribution is 2.36. The van der Waals surface area contributed by atoms with E-state index >= 15 is 0 Å². The maximum atomic E-state index is 14.3. The number of nitrogens with zero attached hydrogens (tertiary/aromatic N) is 5. The average molecular weight is 1120 g/mol. The number of thiazole rings is 2. The first-order valence-corrected chi connectivity index (χ1v) is 28.9. The largest absolute Gasteiger partial charge is 0.493 e. The zero-order valence-corrected chi connectivity index (χ0v) is 48.5. The molecule has 0 spiro atoms. The Labute approximate surface area is 475 Å². The molecule has 5 heterocycles. The number of benzene rings is 4. The third-order valence-electron chi connectivity index (χ3n) is 14.5. The van der Waals surface area contributed by atoms with E-state index in [-0.39, 0.29) is 48.8 Å². The summed E-state index contributed by atoms with van der Waals surface area (Å²) < 4.78 is 13.3. The maximum Gasteiger partial charge on any atom is 0.358 e. The van der Waals surface area contributed by atoms with Crippen LogP contribution in [0.1, 0.15) is 129 Å². The lowest BCUT2D eigenvalue weighted by Crippen LogP contribution is -2.57. The number of carbonyl (C=O) groups is 5. The van der Waals surface area contributed by atoms with Crippen molar-refractivity contribution in [1.29, 1.82) is 0 Å². The van der Waals surface area contributed by atoms with Crippen molar-refractivity contribution in [3.8, 4) is 27.3 Å². The van der Waals surface area contributed by atoms with E-state index in [1.165, 1.54) is 16.2 Å². The lowest BCUT2D eigenvalue weighted by atomic mass is 9.85. The lowest BCUT2D eigenvalue weighted by molar-refractivity contribution is -0.144. The van der Waals surface area contributed by atoms with Gasteiger partial charge in [-0.25, -0.2) is 19.7 Å². The predicted octanol–water partition coefficient (Wildman–Crippen LogP) is 10.8. The van der Waals surface area contributed by atoms with Crippen LogP contribution < -0.4 is 25.6 Å². The van der Waals surface area contributed by atoms with Gasteiger partial charge in [0.2, 0.25) is 17.7 Å². The van der Waals surface area contributed by atoms with Crippen LogP contribution in [-0.2, 0) is 32.1 Å². The fourth-order valence-electron chi connectivity index (χ4n) is 10.3. The van der Waals surface area contributed by atoms with Crippen molar-refractivity contribution in [1.82, 2.24) is 30.5 Å². The molecular weight excluding hydrogens is 1050 g/mol. The summed E-state index contributed by atoms with van der Waals surface area (Å²) in [6.07, 6.45) is 0.990. The number of aromatic nitrogens is 3. The van der Waals surface area contributed by atoms with E-state index in [0.717, 1.165) is 54.2 Å². The van der Waals surface area contributed by atoms with Crippen molar-refractivity contribution in [2.45, 2.75) is 131 Å². The Morgan fingerprint density at radius 3 is 2.34 bits per heavy atom. The number of aliphatic hydroxyl groups is 1. The number of unbranched alkanes of at least 4 members (excludes halogenated alkanes) is 1. The molecule has 0 bridgehead atoms. The first-order chi connectivity index (χ1) is 38.1. The quantitative estimate of drug-likeness (QED) is 0.0497. The van der Waals surface area contributed by atoms with Gasteiger partial charge in [-0.3, -0.25) is 24.5 Å². The van der Waals surface area contributed by atoms with Crippen LogP contribution in [0.4, 0.5) is 10.9 Å². The number of nitrogens with one attached hydrogen (secondary N) is 3. The van der Waals surface area contributed by atoms with Crippen LogP contribution in [0.3, 0.4) is 0 Å². The molecule has 0 aliphatic carbocycles. The molecule has 418 valence electrons. The molecule has 4 aromatic carbocycles. The van der Waals surface area contributed by atoms with E-state index in [4.69, 9.17) is 14.5 Å². The predicted molar refractivity (Wildman–Crippen MR) is 314 cm³/mol. The second-order valence-corrected chi connectivity index (χ2v) is 24.6. The maximum absolute atomic E-state index is 14.3. The molecule has 0 radical (unpaired) electrons. The van der Waals surface area contributed by atoms with Crippen LogP contribution in [0.25, 0.3) is 31.8 Å². The number of fused-ring (bicyclic) bond motifs is 2. The van der Waals surface area contributed by atoms with Gasteiger partial charge in [0.15, 0.2) is 10.8 Å². The molecule has 4 amide bonds. The number of pyridine rings is 1. The Morgan fingerprint density at radius 1 is 0.850 bits per heavy atom. The highest BCUT2D eigenvalue weighted by molar-refractivity contribution is 7.22. The Kier molecular flexibility index (Phi) is 17.2. The average Bonchev–Trinajstić information content (AvgIpc) is 4.23. The van der Waals surface area contributed by atoms with E-state index in [0.29, 0.717) is 66.8 Å². The van der Waals surface area contributed by atoms with E-state index in [2.05, 4.69) is 30.8 Å². The van der Waals surface area contributed by atoms with Crippen molar-refractivity contribution in [3.63, 3.8) is 0 Å². The third kappa shape index (κ3) is 13.2. The summed E-state index contributed by atoms with van der Waals surface area (Å²) in [4.78, 5) is 88.1. The Balaban J connectivity index is 0.818. The topological polar surface area (TPSA) is 205 Å². The van der Waals surface area contributed by atoms with Gasteiger partial charge in [0.25, 0.3) is 5.91 Å². The highest BCUT2D eigenvalue weighted by Gasteiger charge is 2.45. The van der Waals surface area contributed by atoms with Gasteiger partial charge < -0.3 is 35.0 Å². The summed E-state index contributed by atoms with van der Waals surface area (Å²) in [5, 5.41) is 20.3. The Morgan fingerprint density at radius 2 is 1.61 bits per heavy atom. The van der Waals surface area contributed by atoms with Crippen molar-refractivity contribution < 1.29 is 38.6 Å². The van der Waals surface area contributed by atoms with Crippen LogP contribution >= 0.6 is 22.7 Å². The van der Waals surface area contributed by atoms with Gasteiger partial charge >= 0.3 is 5.97 Å². The minimum Gasteiger partial charge on any atom is -0.493 e. The number of anilines is 2. The zero-order valence-electron chi connectivity index (χ0n) is 46.8. The van der Waals surface area contributed by atoms with Gasteiger partial charge in [-0.15, -0.1) is 11.3 Å². The van der Waals surface area contributed by atoms with Gasteiger partial charge in [0.1, 0.15) is 29.3 Å². The lowest BCUT2D eigenvalue weighted by Gasteiger charge is -2.35. The number of rotatable bonds is 17. The number of esters is 1. The molecule has 9 rings (SSSR count). The molecule has 18 heteroatoms. The third-order valence-corrected chi connectivity index (χ3v) is 16.4. The standard InChI is InChI=1S/C62H70N8O8S2/c1-36-43(44-27-28-51(66-53(44)59(76)78-62(7,8)9)69-30-29-40-16-14-18-45(46(40)34-69)56(73)68-60-65-47-19-10-11-21-50(47)80-60)17-15-20-49(36)77-31-13-12-22-52(72)67-55(61(4,5)6)58(75)70-33-42(71)32-48(70)57(74)64-37(2)39-23-25-41(26-24-39)54-38(3)63-35-79-54/h10-11,14-21,23-28,35,37,42,48,55,71H,12-13,22,29-34H2,1-9H3,(H,64,74)(H,67,72)(H,65,68,73)/t37?,42-,48+,55?/m1/s1. The molecule has 4 atom stereocenters. The number of likely N-dealkylation sites (tertiary alicyclic amines) is 1. The summed E-state index contributed by atoms with van der Waals surface area (Å²) >= 11 is 3.00. The summed E-state index contributed by atoms with van der Waals surface area (Å²) in [5.41, 5.74) is 8.80. The summed E-state index contributed by atoms with van der Waals surface area (Å²) in [5.74, 6) is -0.746. The van der Waals surface area contributed by atoms with Gasteiger partial charge in [-0.2, -0.15) is 0 Å². The number of ether oxygens (including phenoxy) is 2. The van der Waals surface area contributed by atoms with Crippen LogP contribution in [0, 0.1) is 19.3 Å². The molecule has 0 saturated carbocycles. The minimum atomic E-state index is -0.953. The SMILES string of the molecule is Cc1ncsc1-c1ccc(C(C)NC(=O)[C@@H]2C[C@@H](O)CN2C(=O)C(NC(=O)CCCCOc2cccc(-c3ccc(N4CCc5cccc(C(=O)Nc6nc7ccccc7s6)c5C4)nc3C(=O)OC(C)(C)C)c2C)C(C)(C)C)cc1. The fraction of sp³-hybridized carbons (Fsp3) is 0.387. The minimum absolute atomic E-state index is 0.0240. The highest BCUT2D eigenvalue weighted by atomic mass is 32.1. The van der Waals surface area contributed by atoms with Crippen LogP contribution in [0.2, 0.25) is 0 Å². The molecule has 2 aliphatic rings.